The van der Waals surface area contributed by atoms with Crippen molar-refractivity contribution in [2.24, 2.45) is 0 Å². The molecule has 5 unspecified atom stereocenters. The summed E-state index contributed by atoms with van der Waals surface area (Å²) in [5.74, 6) is -2.37. The summed E-state index contributed by atoms with van der Waals surface area (Å²) in [7, 11) is 0. The lowest BCUT2D eigenvalue weighted by molar-refractivity contribution is -0.254. The van der Waals surface area contributed by atoms with Crippen molar-refractivity contribution in [1.29, 1.82) is 0 Å². The highest BCUT2D eigenvalue weighted by Gasteiger charge is 2.52. The Morgan fingerprint density at radius 1 is 0.971 bits per heavy atom. The van der Waals surface area contributed by atoms with Crippen LogP contribution in [0.15, 0.2) is 22.8 Å². The summed E-state index contributed by atoms with van der Waals surface area (Å²) >= 11 is 8.60. The van der Waals surface area contributed by atoms with Crippen LogP contribution in [0.3, 0.4) is 0 Å². The van der Waals surface area contributed by atoms with Crippen LogP contribution in [0.25, 0.3) is 0 Å². The quantitative estimate of drug-likeness (QED) is 0.279. The van der Waals surface area contributed by atoms with Gasteiger partial charge in [-0.15, -0.1) is 0 Å². The highest BCUT2D eigenvalue weighted by atomic mass is 79.9. The number of ether oxygens (including phenoxy) is 5. The second kappa shape index (κ2) is 12.6. The number of hydrogen-bond acceptors (Lipinski definition) is 11. The van der Waals surface area contributed by atoms with Crippen LogP contribution >= 0.6 is 28.1 Å². The van der Waals surface area contributed by atoms with Crippen molar-refractivity contribution < 1.29 is 42.9 Å². The molecule has 1 saturated heterocycles. The fourth-order valence-corrected chi connectivity index (χ4v) is 3.53. The number of anilines is 1. The Kier molecular flexibility index (Phi) is 10.1. The zero-order valence-electron chi connectivity index (χ0n) is 18.7. The first kappa shape index (κ1) is 27.4. The normalized spacial score (nSPS) is 23.7. The van der Waals surface area contributed by atoms with Crippen LogP contribution in [0.2, 0.25) is 0 Å². The molecule has 5 atom stereocenters. The molecule has 0 amide bonds. The van der Waals surface area contributed by atoms with E-state index in [2.05, 4.69) is 31.5 Å². The first-order valence-corrected chi connectivity index (χ1v) is 11.2. The van der Waals surface area contributed by atoms with E-state index in [1.54, 1.807) is 18.3 Å². The van der Waals surface area contributed by atoms with Gasteiger partial charge in [-0.05, 0) is 40.3 Å². The van der Waals surface area contributed by atoms with Gasteiger partial charge in [0.25, 0.3) is 0 Å². The van der Waals surface area contributed by atoms with E-state index in [9.17, 15) is 19.2 Å². The molecule has 1 aromatic heterocycles. The molecule has 1 aliphatic rings. The summed E-state index contributed by atoms with van der Waals surface area (Å²) in [6, 6.07) is 3.40. The van der Waals surface area contributed by atoms with Gasteiger partial charge in [0.15, 0.2) is 29.7 Å². The topological polar surface area (TPSA) is 151 Å². The SMILES string of the molecule is CC(=O)OCC1OC(NC(=S)Nc2ccc(Br)cn2)C(OC(C)=O)C(OC(C)=O)C1OC(C)=O. The Morgan fingerprint density at radius 3 is 2.09 bits per heavy atom. The Labute approximate surface area is 209 Å². The summed E-state index contributed by atoms with van der Waals surface area (Å²) in [4.78, 5) is 51.0. The van der Waals surface area contributed by atoms with Crippen molar-refractivity contribution in [1.82, 2.24) is 10.3 Å². The number of nitrogens with zero attached hydrogens (tertiary/aromatic N) is 1. The van der Waals surface area contributed by atoms with Crippen molar-refractivity contribution in [3.63, 3.8) is 0 Å². The van der Waals surface area contributed by atoms with E-state index in [0.717, 1.165) is 25.2 Å². The monoisotopic (exact) mass is 561 g/mol. The van der Waals surface area contributed by atoms with Crippen LogP contribution in [0.5, 0.6) is 0 Å². The number of carbonyl (C=O) groups is 4. The summed E-state index contributed by atoms with van der Waals surface area (Å²) in [6.45, 7) is 4.28. The molecular weight excluding hydrogens is 538 g/mol. The summed E-state index contributed by atoms with van der Waals surface area (Å²) < 4.78 is 27.7. The zero-order valence-corrected chi connectivity index (χ0v) is 21.1. The van der Waals surface area contributed by atoms with Gasteiger partial charge in [-0.2, -0.15) is 0 Å². The summed E-state index contributed by atoms with van der Waals surface area (Å²) in [5, 5.41) is 5.71. The lowest BCUT2D eigenvalue weighted by Gasteiger charge is -2.44. The van der Waals surface area contributed by atoms with Crippen molar-refractivity contribution in [2.75, 3.05) is 11.9 Å². The average molecular weight is 562 g/mol. The first-order chi connectivity index (χ1) is 16.0. The summed E-state index contributed by atoms with van der Waals surface area (Å²) in [5.41, 5.74) is 0. The van der Waals surface area contributed by atoms with Gasteiger partial charge in [0.05, 0.1) is 0 Å². The number of carbonyl (C=O) groups excluding carboxylic acids is 4. The highest BCUT2D eigenvalue weighted by molar-refractivity contribution is 9.10. The van der Waals surface area contributed by atoms with Gasteiger partial charge in [-0.25, -0.2) is 4.98 Å². The number of thiocarbonyl (C=S) groups is 1. The number of esters is 4. The molecule has 0 radical (unpaired) electrons. The van der Waals surface area contributed by atoms with Crippen LogP contribution in [0.4, 0.5) is 5.82 Å². The number of aromatic nitrogens is 1. The number of halogens is 1. The van der Waals surface area contributed by atoms with E-state index in [0.29, 0.717) is 5.82 Å². The average Bonchev–Trinajstić information content (AvgIpc) is 2.71. The van der Waals surface area contributed by atoms with E-state index in [4.69, 9.17) is 35.9 Å². The molecule has 0 aliphatic carbocycles. The van der Waals surface area contributed by atoms with Crippen LogP contribution in [-0.2, 0) is 42.9 Å². The highest BCUT2D eigenvalue weighted by Crippen LogP contribution is 2.28. The van der Waals surface area contributed by atoms with Crippen molar-refractivity contribution in [3.05, 3.63) is 22.8 Å². The number of hydrogen-bond donors (Lipinski definition) is 2. The van der Waals surface area contributed by atoms with Crippen LogP contribution < -0.4 is 10.6 Å². The Morgan fingerprint density at radius 2 is 1.56 bits per heavy atom. The fourth-order valence-electron chi connectivity index (χ4n) is 3.08. The summed E-state index contributed by atoms with van der Waals surface area (Å²) in [6.07, 6.45) is -4.55. The minimum absolute atomic E-state index is 0.0377. The first-order valence-electron chi connectivity index (χ1n) is 9.95. The Bertz CT molecular complexity index is 930. The number of rotatable bonds is 7. The second-order valence-electron chi connectivity index (χ2n) is 7.08. The molecule has 0 bridgehead atoms. The van der Waals surface area contributed by atoms with Gasteiger partial charge in [0, 0.05) is 38.4 Å². The van der Waals surface area contributed by atoms with Crippen LogP contribution in [-0.4, -0.2) is 71.2 Å². The smallest absolute Gasteiger partial charge is 0.303 e. The maximum atomic E-state index is 11.8. The maximum absolute atomic E-state index is 11.8. The van der Waals surface area contributed by atoms with E-state index >= 15 is 0 Å². The molecule has 186 valence electrons. The molecule has 34 heavy (non-hydrogen) atoms. The van der Waals surface area contributed by atoms with Crippen molar-refractivity contribution in [2.45, 2.75) is 58.3 Å². The molecule has 2 N–H and O–H groups in total. The van der Waals surface area contributed by atoms with Crippen molar-refractivity contribution in [3.8, 4) is 0 Å². The molecule has 14 heteroatoms. The standard InChI is InChI=1S/C20H24BrN3O9S/c1-9(25)29-8-14-16(30-10(2)26)17(31-11(3)27)18(32-12(4)28)19(33-14)24-20(34)23-15-6-5-13(21)7-22-15/h5-7,14,16-19H,8H2,1-4H3,(H2,22,23,24,34). The lowest BCUT2D eigenvalue weighted by Crippen LogP contribution is -2.66. The van der Waals surface area contributed by atoms with E-state index in [1.807, 2.05) is 0 Å². The molecule has 1 fully saturated rings. The molecule has 0 saturated carbocycles. The second-order valence-corrected chi connectivity index (χ2v) is 8.40. The maximum Gasteiger partial charge on any atom is 0.303 e. The molecule has 1 aromatic rings. The van der Waals surface area contributed by atoms with E-state index < -0.39 is 54.5 Å². The van der Waals surface area contributed by atoms with Gasteiger partial charge < -0.3 is 34.3 Å². The molecule has 12 nitrogen and oxygen atoms in total. The largest absolute Gasteiger partial charge is 0.463 e. The van der Waals surface area contributed by atoms with Crippen molar-refractivity contribution >= 4 is 63.0 Å². The van der Waals surface area contributed by atoms with Crippen LogP contribution in [0.1, 0.15) is 27.7 Å². The van der Waals surface area contributed by atoms with Gasteiger partial charge in [-0.1, -0.05) is 0 Å². The lowest BCUT2D eigenvalue weighted by atomic mass is 9.97. The van der Waals surface area contributed by atoms with Gasteiger partial charge in [0.2, 0.25) is 0 Å². The molecule has 2 rings (SSSR count). The minimum atomic E-state index is -1.30. The molecule has 0 spiro atoms. The minimum Gasteiger partial charge on any atom is -0.463 e. The third-order valence-electron chi connectivity index (χ3n) is 4.23. The Balaban J connectivity index is 2.35. The number of nitrogens with one attached hydrogen (secondary N) is 2. The fraction of sp³-hybridized carbons (Fsp3) is 0.500. The van der Waals surface area contributed by atoms with Gasteiger partial charge in [-0.3, -0.25) is 19.2 Å². The predicted octanol–water partition coefficient (Wildman–Crippen LogP) is 1.21. The van der Waals surface area contributed by atoms with E-state index in [1.165, 1.54) is 6.92 Å². The van der Waals surface area contributed by atoms with Gasteiger partial charge in [0.1, 0.15) is 18.5 Å². The molecule has 1 aliphatic heterocycles. The Hall–Kier alpha value is -2.84. The van der Waals surface area contributed by atoms with Crippen LogP contribution in [0, 0.1) is 0 Å². The molecular formula is C20H24BrN3O9S. The third-order valence-corrected chi connectivity index (χ3v) is 4.92. The molecule has 0 aromatic carbocycles. The predicted molar refractivity (Wildman–Crippen MR) is 123 cm³/mol. The third kappa shape index (κ3) is 8.50. The van der Waals surface area contributed by atoms with Gasteiger partial charge >= 0.3 is 23.9 Å². The zero-order chi connectivity index (χ0) is 25.4. The van der Waals surface area contributed by atoms with E-state index in [-0.39, 0.29) is 11.7 Å². The molecule has 2 heterocycles. The number of pyridine rings is 1.